The van der Waals surface area contributed by atoms with Crippen molar-refractivity contribution in [1.82, 2.24) is 9.88 Å². The highest BCUT2D eigenvalue weighted by atomic mass is 32.1. The van der Waals surface area contributed by atoms with Crippen LogP contribution in [-0.2, 0) is 16.1 Å². The number of carbonyl (C=O) groups is 1. The Labute approximate surface area is 177 Å². The summed E-state index contributed by atoms with van der Waals surface area (Å²) in [5.74, 6) is 0.970. The van der Waals surface area contributed by atoms with E-state index in [0.29, 0.717) is 16.8 Å². The molecule has 29 heavy (non-hydrogen) atoms. The monoisotopic (exact) mass is 417 g/mol. The van der Waals surface area contributed by atoms with Crippen LogP contribution in [-0.4, -0.2) is 47.7 Å². The van der Waals surface area contributed by atoms with Crippen molar-refractivity contribution in [2.75, 3.05) is 25.0 Å². The predicted octanol–water partition coefficient (Wildman–Crippen LogP) is 4.20. The highest BCUT2D eigenvalue weighted by Gasteiger charge is 2.22. The second-order valence-corrected chi connectivity index (χ2v) is 8.96. The van der Waals surface area contributed by atoms with Gasteiger partial charge >= 0.3 is 0 Å². The van der Waals surface area contributed by atoms with E-state index in [1.54, 1.807) is 0 Å². The van der Waals surface area contributed by atoms with Crippen LogP contribution in [0, 0.1) is 6.92 Å². The fourth-order valence-electron chi connectivity index (χ4n) is 3.77. The number of anilines is 1. The van der Waals surface area contributed by atoms with Crippen LogP contribution < -0.4 is 10.1 Å². The first-order valence-corrected chi connectivity index (χ1v) is 11.0. The molecule has 2 unspecified atom stereocenters. The van der Waals surface area contributed by atoms with Gasteiger partial charge in [0.05, 0.1) is 17.9 Å². The second-order valence-electron chi connectivity index (χ2n) is 8.11. The van der Waals surface area contributed by atoms with Crippen LogP contribution in [0.5, 0.6) is 5.75 Å². The van der Waals surface area contributed by atoms with Crippen LogP contribution in [0.3, 0.4) is 0 Å². The van der Waals surface area contributed by atoms with E-state index in [0.717, 1.165) is 25.3 Å². The van der Waals surface area contributed by atoms with Crippen molar-refractivity contribution in [3.8, 4) is 5.75 Å². The van der Waals surface area contributed by atoms with Crippen molar-refractivity contribution in [2.45, 2.75) is 59.3 Å². The van der Waals surface area contributed by atoms with Gasteiger partial charge in [-0.2, -0.15) is 0 Å². The third-order valence-electron chi connectivity index (χ3n) is 4.91. The number of amides is 1. The number of aryl methyl sites for hydroxylation is 1. The lowest BCUT2D eigenvalue weighted by atomic mass is 9.98. The summed E-state index contributed by atoms with van der Waals surface area (Å²) < 4.78 is 11.4. The lowest BCUT2D eigenvalue weighted by Crippen LogP contribution is -2.44. The standard InChI is InChI=1S/C22H31N3O3S/c1-14(2)20-7-6-19(8-15(20)3)27-12-21(26)24-22-23-18(13-29-22)11-25-9-16(4)28-17(5)10-25/h6-8,13-14,16-17H,9-12H2,1-5H3,(H,23,24,26). The van der Waals surface area contributed by atoms with E-state index in [2.05, 4.69) is 55.9 Å². The average Bonchev–Trinajstić information content (AvgIpc) is 3.05. The topological polar surface area (TPSA) is 63.7 Å². The summed E-state index contributed by atoms with van der Waals surface area (Å²) >= 11 is 1.44. The lowest BCUT2D eigenvalue weighted by molar-refractivity contribution is -0.118. The molecule has 1 N–H and O–H groups in total. The molecule has 0 spiro atoms. The Hall–Kier alpha value is -1.96. The minimum atomic E-state index is -0.204. The normalized spacial score (nSPS) is 20.1. The van der Waals surface area contributed by atoms with Gasteiger partial charge in [-0.05, 0) is 49.9 Å². The van der Waals surface area contributed by atoms with E-state index in [1.165, 1.54) is 22.5 Å². The zero-order valence-corrected chi connectivity index (χ0v) is 18.7. The first kappa shape index (κ1) is 21.7. The van der Waals surface area contributed by atoms with Crippen LogP contribution in [0.2, 0.25) is 0 Å². The van der Waals surface area contributed by atoms with Crippen molar-refractivity contribution in [1.29, 1.82) is 0 Å². The molecule has 1 aliphatic rings. The molecular formula is C22H31N3O3S. The maximum absolute atomic E-state index is 12.2. The van der Waals surface area contributed by atoms with Crippen LogP contribution in [0.1, 0.15) is 50.4 Å². The number of ether oxygens (including phenoxy) is 2. The summed E-state index contributed by atoms with van der Waals surface area (Å²) in [6, 6.07) is 5.96. The molecule has 1 saturated heterocycles. The minimum absolute atomic E-state index is 0.0339. The first-order valence-electron chi connectivity index (χ1n) is 10.2. The smallest absolute Gasteiger partial charge is 0.264 e. The highest BCUT2D eigenvalue weighted by Crippen LogP contribution is 2.24. The summed E-state index contributed by atoms with van der Waals surface area (Å²) in [4.78, 5) is 19.1. The van der Waals surface area contributed by atoms with Gasteiger partial charge in [0.2, 0.25) is 0 Å². The zero-order chi connectivity index (χ0) is 21.0. The summed E-state index contributed by atoms with van der Waals surface area (Å²) in [7, 11) is 0. The molecule has 0 aliphatic carbocycles. The van der Waals surface area contributed by atoms with Gasteiger partial charge in [0, 0.05) is 25.0 Å². The van der Waals surface area contributed by atoms with Crippen molar-refractivity contribution < 1.29 is 14.3 Å². The molecule has 1 aromatic carbocycles. The maximum atomic E-state index is 12.2. The molecule has 2 aromatic rings. The van der Waals surface area contributed by atoms with E-state index in [-0.39, 0.29) is 24.7 Å². The Morgan fingerprint density at radius 2 is 2.07 bits per heavy atom. The Bertz CT molecular complexity index is 826. The van der Waals surface area contributed by atoms with Gasteiger partial charge in [0.25, 0.3) is 5.91 Å². The zero-order valence-electron chi connectivity index (χ0n) is 17.9. The molecule has 0 radical (unpaired) electrons. The number of nitrogens with zero attached hydrogens (tertiary/aromatic N) is 2. The predicted molar refractivity (Wildman–Crippen MR) is 117 cm³/mol. The number of hydrogen-bond acceptors (Lipinski definition) is 6. The van der Waals surface area contributed by atoms with E-state index < -0.39 is 0 Å². The molecule has 0 bridgehead atoms. The van der Waals surface area contributed by atoms with Gasteiger partial charge < -0.3 is 9.47 Å². The molecule has 0 saturated carbocycles. The Morgan fingerprint density at radius 1 is 1.34 bits per heavy atom. The largest absolute Gasteiger partial charge is 0.484 e. The number of benzene rings is 1. The number of nitrogens with one attached hydrogen (secondary N) is 1. The van der Waals surface area contributed by atoms with Gasteiger partial charge in [0.15, 0.2) is 11.7 Å². The molecule has 1 fully saturated rings. The van der Waals surface area contributed by atoms with Crippen LogP contribution in [0.4, 0.5) is 5.13 Å². The quantitative estimate of drug-likeness (QED) is 0.731. The second kappa shape index (κ2) is 9.69. The minimum Gasteiger partial charge on any atom is -0.484 e. The van der Waals surface area contributed by atoms with Crippen molar-refractivity contribution in [3.63, 3.8) is 0 Å². The van der Waals surface area contributed by atoms with Crippen molar-refractivity contribution >= 4 is 22.4 Å². The van der Waals surface area contributed by atoms with E-state index >= 15 is 0 Å². The molecule has 158 valence electrons. The van der Waals surface area contributed by atoms with Gasteiger partial charge in [-0.15, -0.1) is 11.3 Å². The van der Waals surface area contributed by atoms with E-state index in [1.807, 2.05) is 17.5 Å². The van der Waals surface area contributed by atoms with E-state index in [9.17, 15) is 4.79 Å². The molecule has 7 heteroatoms. The molecule has 1 aliphatic heterocycles. The summed E-state index contributed by atoms with van der Waals surface area (Å²) in [6.07, 6.45) is 0.457. The van der Waals surface area contributed by atoms with Gasteiger partial charge in [-0.3, -0.25) is 15.0 Å². The number of rotatable bonds is 7. The van der Waals surface area contributed by atoms with Crippen LogP contribution in [0.15, 0.2) is 23.6 Å². The van der Waals surface area contributed by atoms with Gasteiger partial charge in [-0.1, -0.05) is 19.9 Å². The Balaban J connectivity index is 1.48. The molecular weight excluding hydrogens is 386 g/mol. The van der Waals surface area contributed by atoms with Crippen molar-refractivity contribution in [2.24, 2.45) is 0 Å². The highest BCUT2D eigenvalue weighted by molar-refractivity contribution is 7.13. The van der Waals surface area contributed by atoms with Crippen molar-refractivity contribution in [3.05, 3.63) is 40.4 Å². The summed E-state index contributed by atoms with van der Waals surface area (Å²) in [5, 5.41) is 5.43. The average molecular weight is 418 g/mol. The summed E-state index contributed by atoms with van der Waals surface area (Å²) in [5.41, 5.74) is 3.43. The molecule has 6 nitrogen and oxygen atoms in total. The molecule has 2 heterocycles. The molecule has 2 atom stereocenters. The Kier molecular flexibility index (Phi) is 7.27. The number of carbonyl (C=O) groups excluding carboxylic acids is 1. The lowest BCUT2D eigenvalue weighted by Gasteiger charge is -2.34. The van der Waals surface area contributed by atoms with E-state index in [4.69, 9.17) is 9.47 Å². The molecule has 3 rings (SSSR count). The third-order valence-corrected chi connectivity index (χ3v) is 5.72. The Morgan fingerprint density at radius 3 is 2.72 bits per heavy atom. The number of hydrogen-bond donors (Lipinski definition) is 1. The summed E-state index contributed by atoms with van der Waals surface area (Å²) in [6.45, 7) is 13.1. The first-order chi connectivity index (χ1) is 13.8. The number of morpholine rings is 1. The number of aromatic nitrogens is 1. The maximum Gasteiger partial charge on any atom is 0.264 e. The molecule has 1 aromatic heterocycles. The van der Waals surface area contributed by atoms with Crippen LogP contribution >= 0.6 is 11.3 Å². The SMILES string of the molecule is Cc1cc(OCC(=O)Nc2nc(CN3CC(C)OC(C)C3)cs2)ccc1C(C)C. The molecule has 1 amide bonds. The number of thiazole rings is 1. The van der Waals surface area contributed by atoms with Gasteiger partial charge in [0.1, 0.15) is 5.75 Å². The third kappa shape index (κ3) is 6.26. The van der Waals surface area contributed by atoms with Crippen LogP contribution in [0.25, 0.3) is 0 Å². The van der Waals surface area contributed by atoms with Gasteiger partial charge in [-0.25, -0.2) is 4.98 Å². The fraction of sp³-hybridized carbons (Fsp3) is 0.545. The fourth-order valence-corrected chi connectivity index (χ4v) is 4.49.